The third kappa shape index (κ3) is 2.08. The van der Waals surface area contributed by atoms with Gasteiger partial charge in [-0.15, -0.1) is 0 Å². The number of halogens is 1. The highest BCUT2D eigenvalue weighted by molar-refractivity contribution is 6.33. The van der Waals surface area contributed by atoms with Gasteiger partial charge in [0.05, 0.1) is 17.8 Å². The van der Waals surface area contributed by atoms with Gasteiger partial charge < -0.3 is 4.57 Å². The highest BCUT2D eigenvalue weighted by Gasteiger charge is 2.15. The van der Waals surface area contributed by atoms with Crippen LogP contribution < -0.4 is 0 Å². The molecule has 1 aromatic carbocycles. The van der Waals surface area contributed by atoms with Gasteiger partial charge in [-0.1, -0.05) is 29.8 Å². The quantitative estimate of drug-likeness (QED) is 0.420. The molecule has 0 aliphatic carbocycles. The number of benzene rings is 1. The first-order valence-corrected chi connectivity index (χ1v) is 6.08. The van der Waals surface area contributed by atoms with Crippen LogP contribution in [0.25, 0.3) is 11.2 Å². The molecule has 7 nitrogen and oxygen atoms in total. The highest BCUT2D eigenvalue weighted by Crippen LogP contribution is 2.22. The molecule has 8 heteroatoms. The van der Waals surface area contributed by atoms with Crippen molar-refractivity contribution in [2.75, 3.05) is 0 Å². The fourth-order valence-electron chi connectivity index (χ4n) is 1.97. The van der Waals surface area contributed by atoms with E-state index in [4.69, 9.17) is 11.6 Å². The second-order valence-electron chi connectivity index (χ2n) is 4.09. The largest absolute Gasteiger partial charge is 0.310 e. The summed E-state index contributed by atoms with van der Waals surface area (Å²) in [4.78, 5) is 22.7. The van der Waals surface area contributed by atoms with E-state index in [0.29, 0.717) is 23.3 Å². The highest BCUT2D eigenvalue weighted by atomic mass is 35.5. The lowest BCUT2D eigenvalue weighted by atomic mass is 10.2. The number of imidazole rings is 1. The fraction of sp³-hybridized carbons (Fsp3) is 0.0833. The lowest BCUT2D eigenvalue weighted by molar-refractivity contribution is -0.385. The molecule has 0 radical (unpaired) electrons. The SMILES string of the molecule is O=[N+]([O-])c1ccccc1Cn1cnc2c(Cl)ncnc21. The first-order valence-electron chi connectivity index (χ1n) is 5.70. The zero-order chi connectivity index (χ0) is 14.1. The van der Waals surface area contributed by atoms with Gasteiger partial charge in [0.1, 0.15) is 11.8 Å². The van der Waals surface area contributed by atoms with E-state index >= 15 is 0 Å². The number of hydrogen-bond acceptors (Lipinski definition) is 5. The van der Waals surface area contributed by atoms with Crippen LogP contribution in [-0.4, -0.2) is 24.4 Å². The summed E-state index contributed by atoms with van der Waals surface area (Å²) < 4.78 is 1.70. The summed E-state index contributed by atoms with van der Waals surface area (Å²) in [5.41, 5.74) is 1.66. The molecular weight excluding hydrogens is 282 g/mol. The number of rotatable bonds is 3. The first-order chi connectivity index (χ1) is 9.66. The molecule has 2 aromatic heterocycles. The third-order valence-corrected chi connectivity index (χ3v) is 3.16. The maximum atomic E-state index is 11.0. The Bertz CT molecular complexity index is 801. The Balaban J connectivity index is 2.06. The van der Waals surface area contributed by atoms with Crippen LogP contribution in [0.4, 0.5) is 5.69 Å². The van der Waals surface area contributed by atoms with Crippen LogP contribution in [0.1, 0.15) is 5.56 Å². The summed E-state index contributed by atoms with van der Waals surface area (Å²) in [6.07, 6.45) is 2.88. The van der Waals surface area contributed by atoms with Gasteiger partial charge in [-0.05, 0) is 0 Å². The van der Waals surface area contributed by atoms with Crippen molar-refractivity contribution in [3.05, 3.63) is 57.8 Å². The molecule has 0 spiro atoms. The number of aromatic nitrogens is 4. The molecule has 0 saturated heterocycles. The molecule has 20 heavy (non-hydrogen) atoms. The average molecular weight is 290 g/mol. The summed E-state index contributed by atoms with van der Waals surface area (Å²) in [5, 5.41) is 11.3. The second kappa shape index (κ2) is 4.86. The number of para-hydroxylation sites is 1. The summed E-state index contributed by atoms with van der Waals surface area (Å²) in [6, 6.07) is 6.55. The van der Waals surface area contributed by atoms with Gasteiger partial charge in [0.25, 0.3) is 5.69 Å². The van der Waals surface area contributed by atoms with Crippen LogP contribution in [0.15, 0.2) is 36.9 Å². The molecule has 0 unspecified atom stereocenters. The minimum atomic E-state index is -0.406. The van der Waals surface area contributed by atoms with Crippen molar-refractivity contribution in [3.63, 3.8) is 0 Å². The van der Waals surface area contributed by atoms with E-state index in [9.17, 15) is 10.1 Å². The Morgan fingerprint density at radius 2 is 2.05 bits per heavy atom. The van der Waals surface area contributed by atoms with Gasteiger partial charge in [-0.3, -0.25) is 10.1 Å². The third-order valence-electron chi connectivity index (χ3n) is 2.89. The zero-order valence-electron chi connectivity index (χ0n) is 10.1. The van der Waals surface area contributed by atoms with Crippen LogP contribution in [0.3, 0.4) is 0 Å². The summed E-state index contributed by atoms with van der Waals surface area (Å²) in [5.74, 6) is 0. The molecule has 0 amide bonds. The van der Waals surface area contributed by atoms with Crippen molar-refractivity contribution in [1.29, 1.82) is 0 Å². The van der Waals surface area contributed by atoms with Crippen LogP contribution in [0, 0.1) is 10.1 Å². The molecule has 0 atom stereocenters. The summed E-state index contributed by atoms with van der Waals surface area (Å²) in [6.45, 7) is 0.293. The van der Waals surface area contributed by atoms with Crippen LogP contribution in [0.5, 0.6) is 0 Å². The fourth-order valence-corrected chi connectivity index (χ4v) is 2.15. The normalized spacial score (nSPS) is 10.8. The van der Waals surface area contributed by atoms with Crippen LogP contribution in [0.2, 0.25) is 5.15 Å². The van der Waals surface area contributed by atoms with Gasteiger partial charge in [0, 0.05) is 11.6 Å². The van der Waals surface area contributed by atoms with E-state index in [2.05, 4.69) is 15.0 Å². The Kier molecular flexibility index (Phi) is 3.03. The van der Waals surface area contributed by atoms with Crippen molar-refractivity contribution < 1.29 is 4.92 Å². The molecular formula is C12H8ClN5O2. The van der Waals surface area contributed by atoms with E-state index in [1.165, 1.54) is 12.4 Å². The monoisotopic (exact) mass is 289 g/mol. The van der Waals surface area contributed by atoms with Gasteiger partial charge in [-0.25, -0.2) is 15.0 Å². The Morgan fingerprint density at radius 3 is 2.85 bits per heavy atom. The predicted octanol–water partition coefficient (Wildman–Crippen LogP) is 2.44. The van der Waals surface area contributed by atoms with Crippen molar-refractivity contribution in [1.82, 2.24) is 19.5 Å². The maximum Gasteiger partial charge on any atom is 0.274 e. The molecule has 0 bridgehead atoms. The molecule has 0 saturated carbocycles. The van der Waals surface area contributed by atoms with E-state index in [-0.39, 0.29) is 10.8 Å². The number of nitro benzene ring substituents is 1. The summed E-state index contributed by atoms with van der Waals surface area (Å²) >= 11 is 5.92. The Hall–Kier alpha value is -2.54. The Labute approximate surface area is 118 Å². The molecule has 0 N–H and O–H groups in total. The molecule has 0 aliphatic rings. The number of nitro groups is 1. The zero-order valence-corrected chi connectivity index (χ0v) is 10.9. The van der Waals surface area contributed by atoms with Crippen LogP contribution >= 0.6 is 11.6 Å². The van der Waals surface area contributed by atoms with Crippen molar-refractivity contribution in [3.8, 4) is 0 Å². The van der Waals surface area contributed by atoms with Crippen molar-refractivity contribution in [2.24, 2.45) is 0 Å². The van der Waals surface area contributed by atoms with E-state index in [1.54, 1.807) is 29.1 Å². The number of hydrogen-bond donors (Lipinski definition) is 0. The minimum Gasteiger partial charge on any atom is -0.310 e. The van der Waals surface area contributed by atoms with Gasteiger partial charge >= 0.3 is 0 Å². The van der Waals surface area contributed by atoms with E-state index in [0.717, 1.165) is 0 Å². The average Bonchev–Trinajstić information content (AvgIpc) is 2.84. The maximum absolute atomic E-state index is 11.0. The predicted molar refractivity (Wildman–Crippen MR) is 72.5 cm³/mol. The van der Waals surface area contributed by atoms with Gasteiger partial charge in [0.15, 0.2) is 10.8 Å². The van der Waals surface area contributed by atoms with Crippen molar-refractivity contribution >= 4 is 28.5 Å². The molecule has 100 valence electrons. The van der Waals surface area contributed by atoms with Crippen molar-refractivity contribution in [2.45, 2.75) is 6.54 Å². The van der Waals surface area contributed by atoms with Crippen LogP contribution in [-0.2, 0) is 6.54 Å². The summed E-state index contributed by atoms with van der Waals surface area (Å²) in [7, 11) is 0. The lowest BCUT2D eigenvalue weighted by Gasteiger charge is -2.04. The lowest BCUT2D eigenvalue weighted by Crippen LogP contribution is -2.03. The first kappa shape index (κ1) is 12.5. The van der Waals surface area contributed by atoms with E-state index in [1.807, 2.05) is 0 Å². The number of fused-ring (bicyclic) bond motifs is 1. The smallest absolute Gasteiger partial charge is 0.274 e. The Morgan fingerprint density at radius 1 is 1.25 bits per heavy atom. The molecule has 0 aliphatic heterocycles. The molecule has 2 heterocycles. The standard InChI is InChI=1S/C12H8ClN5O2/c13-11-10-12(15-6-14-11)17(7-16-10)5-8-3-1-2-4-9(8)18(19)20/h1-4,6-7H,5H2. The van der Waals surface area contributed by atoms with Gasteiger partial charge in [-0.2, -0.15) is 0 Å². The molecule has 3 rings (SSSR count). The molecule has 0 fully saturated rings. The second-order valence-corrected chi connectivity index (χ2v) is 4.45. The van der Waals surface area contributed by atoms with Gasteiger partial charge in [0.2, 0.25) is 0 Å². The minimum absolute atomic E-state index is 0.0644. The molecule has 3 aromatic rings. The van der Waals surface area contributed by atoms with E-state index < -0.39 is 4.92 Å². The topological polar surface area (TPSA) is 86.7 Å². The number of nitrogens with zero attached hydrogens (tertiary/aromatic N) is 5.